The number of rotatable bonds is 1. The zero-order chi connectivity index (χ0) is 11.0. The van der Waals surface area contributed by atoms with Crippen LogP contribution < -0.4 is 5.56 Å². The van der Waals surface area contributed by atoms with E-state index in [1.165, 1.54) is 0 Å². The Labute approximate surface area is 93.1 Å². The van der Waals surface area contributed by atoms with Gasteiger partial charge < -0.3 is 4.57 Å². The summed E-state index contributed by atoms with van der Waals surface area (Å²) >= 11 is 6.12. The first-order valence-electron chi connectivity index (χ1n) is 4.91. The first-order valence-corrected chi connectivity index (χ1v) is 5.29. The van der Waals surface area contributed by atoms with Gasteiger partial charge in [0, 0.05) is 29.0 Å². The molecule has 0 saturated heterocycles. The molecule has 1 aromatic carbocycles. The maximum Gasteiger partial charge on any atom is 0.258 e. The summed E-state index contributed by atoms with van der Waals surface area (Å²) in [6.07, 6.45) is 2.62. The molecule has 2 aromatic rings. The van der Waals surface area contributed by atoms with Gasteiger partial charge >= 0.3 is 0 Å². The van der Waals surface area contributed by atoms with Crippen LogP contribution in [0.1, 0.15) is 12.5 Å². The van der Waals surface area contributed by atoms with Gasteiger partial charge in [0.1, 0.15) is 0 Å². The van der Waals surface area contributed by atoms with E-state index in [0.29, 0.717) is 10.4 Å². The van der Waals surface area contributed by atoms with Crippen LogP contribution in [-0.4, -0.2) is 4.57 Å². The van der Waals surface area contributed by atoms with E-state index in [-0.39, 0.29) is 5.56 Å². The van der Waals surface area contributed by atoms with Crippen molar-refractivity contribution >= 4 is 22.4 Å². The largest absolute Gasteiger partial charge is 0.318 e. The summed E-state index contributed by atoms with van der Waals surface area (Å²) < 4.78 is 1.57. The molecule has 78 valence electrons. The molecule has 0 aliphatic heterocycles. The number of fused-ring (bicyclic) bond motifs is 1. The summed E-state index contributed by atoms with van der Waals surface area (Å²) in [4.78, 5) is 11.9. The fourth-order valence-corrected chi connectivity index (χ4v) is 1.97. The number of nitrogens with zero attached hydrogens (tertiary/aromatic N) is 1. The van der Waals surface area contributed by atoms with Crippen molar-refractivity contribution in [3.8, 4) is 0 Å². The van der Waals surface area contributed by atoms with Gasteiger partial charge in [-0.15, -0.1) is 0 Å². The minimum Gasteiger partial charge on any atom is -0.318 e. The lowest BCUT2D eigenvalue weighted by molar-refractivity contribution is 0.873. The Morgan fingerprint density at radius 1 is 1.33 bits per heavy atom. The molecule has 15 heavy (non-hydrogen) atoms. The second kappa shape index (κ2) is 3.70. The summed E-state index contributed by atoms with van der Waals surface area (Å²) in [6, 6.07) is 5.71. The third kappa shape index (κ3) is 1.65. The molecule has 0 aliphatic carbocycles. The minimum absolute atomic E-state index is 0.00435. The fourth-order valence-electron chi connectivity index (χ4n) is 1.67. The molecule has 0 atom stereocenters. The fraction of sp³-hybridized carbons (Fsp3) is 0.250. The maximum absolute atomic E-state index is 11.9. The molecule has 1 heterocycles. The highest BCUT2D eigenvalue weighted by atomic mass is 35.5. The molecule has 0 spiro atoms. The SMILES string of the molecule is CCc1cc(Cl)c2ccn(C)c(=O)c2c1. The monoisotopic (exact) mass is 221 g/mol. The van der Waals surface area contributed by atoms with Gasteiger partial charge in [0.15, 0.2) is 0 Å². The molecule has 0 N–H and O–H groups in total. The lowest BCUT2D eigenvalue weighted by atomic mass is 10.1. The summed E-state index contributed by atoms with van der Waals surface area (Å²) in [7, 11) is 1.74. The maximum atomic E-state index is 11.9. The zero-order valence-electron chi connectivity index (χ0n) is 8.75. The molecule has 0 bridgehead atoms. The van der Waals surface area contributed by atoms with Crippen molar-refractivity contribution in [1.82, 2.24) is 4.57 Å². The molecule has 3 heteroatoms. The van der Waals surface area contributed by atoms with Crippen LogP contribution in [0.2, 0.25) is 5.02 Å². The van der Waals surface area contributed by atoms with Gasteiger partial charge in [0.05, 0.1) is 0 Å². The zero-order valence-corrected chi connectivity index (χ0v) is 9.51. The van der Waals surface area contributed by atoms with Crippen LogP contribution >= 0.6 is 11.6 Å². The number of pyridine rings is 1. The Hall–Kier alpha value is -1.28. The van der Waals surface area contributed by atoms with E-state index in [2.05, 4.69) is 0 Å². The Balaban J connectivity index is 2.93. The summed E-state index contributed by atoms with van der Waals surface area (Å²) in [5, 5.41) is 2.18. The highest BCUT2D eigenvalue weighted by Crippen LogP contribution is 2.23. The van der Waals surface area contributed by atoms with Crippen molar-refractivity contribution in [2.24, 2.45) is 7.05 Å². The van der Waals surface area contributed by atoms with Gasteiger partial charge in [-0.2, -0.15) is 0 Å². The molecule has 0 saturated carbocycles. The van der Waals surface area contributed by atoms with E-state index in [0.717, 1.165) is 17.4 Å². The van der Waals surface area contributed by atoms with E-state index < -0.39 is 0 Å². The standard InChI is InChI=1S/C12H12ClNO/c1-3-8-6-10-9(11(13)7-8)4-5-14(2)12(10)15/h4-7H,3H2,1-2H3. The summed E-state index contributed by atoms with van der Waals surface area (Å²) in [6.45, 7) is 2.05. The van der Waals surface area contributed by atoms with Crippen LogP contribution in [0.15, 0.2) is 29.2 Å². The minimum atomic E-state index is 0.00435. The predicted molar refractivity (Wildman–Crippen MR) is 63.6 cm³/mol. The molecular formula is C12H12ClNO. The van der Waals surface area contributed by atoms with Crippen molar-refractivity contribution < 1.29 is 0 Å². The smallest absolute Gasteiger partial charge is 0.258 e. The van der Waals surface area contributed by atoms with Crippen LogP contribution in [0.5, 0.6) is 0 Å². The van der Waals surface area contributed by atoms with E-state index in [1.54, 1.807) is 17.8 Å². The number of aryl methyl sites for hydroxylation is 2. The lowest BCUT2D eigenvalue weighted by Crippen LogP contribution is -2.15. The van der Waals surface area contributed by atoms with E-state index in [1.807, 2.05) is 25.1 Å². The third-order valence-electron chi connectivity index (χ3n) is 2.61. The van der Waals surface area contributed by atoms with Crippen molar-refractivity contribution in [2.75, 3.05) is 0 Å². The van der Waals surface area contributed by atoms with E-state index >= 15 is 0 Å². The Kier molecular flexibility index (Phi) is 2.53. The first kappa shape index (κ1) is 10.2. The predicted octanol–water partition coefficient (Wildman–Crippen LogP) is 2.75. The van der Waals surface area contributed by atoms with Crippen molar-refractivity contribution in [3.05, 3.63) is 45.3 Å². The van der Waals surface area contributed by atoms with Gasteiger partial charge in [0.25, 0.3) is 5.56 Å². The Morgan fingerprint density at radius 3 is 2.73 bits per heavy atom. The quantitative estimate of drug-likeness (QED) is 0.726. The molecule has 0 amide bonds. The van der Waals surface area contributed by atoms with Gasteiger partial charge in [-0.1, -0.05) is 18.5 Å². The molecule has 2 rings (SSSR count). The van der Waals surface area contributed by atoms with E-state index in [4.69, 9.17) is 11.6 Å². The molecule has 0 aliphatic rings. The number of halogens is 1. The highest BCUT2D eigenvalue weighted by Gasteiger charge is 2.05. The van der Waals surface area contributed by atoms with Crippen LogP contribution in [0.4, 0.5) is 0 Å². The van der Waals surface area contributed by atoms with Crippen LogP contribution in [0, 0.1) is 0 Å². The number of hydrogen-bond donors (Lipinski definition) is 0. The topological polar surface area (TPSA) is 22.0 Å². The van der Waals surface area contributed by atoms with Crippen molar-refractivity contribution in [2.45, 2.75) is 13.3 Å². The van der Waals surface area contributed by atoms with Gasteiger partial charge in [-0.05, 0) is 30.2 Å². The van der Waals surface area contributed by atoms with Gasteiger partial charge in [0.2, 0.25) is 0 Å². The molecular weight excluding hydrogens is 210 g/mol. The number of hydrogen-bond acceptors (Lipinski definition) is 1. The van der Waals surface area contributed by atoms with Gasteiger partial charge in [-0.3, -0.25) is 4.79 Å². The second-order valence-electron chi connectivity index (χ2n) is 3.62. The molecule has 2 nitrogen and oxygen atoms in total. The Morgan fingerprint density at radius 2 is 2.07 bits per heavy atom. The normalized spacial score (nSPS) is 10.9. The Bertz CT molecular complexity index is 572. The average Bonchev–Trinajstić information content (AvgIpc) is 2.23. The molecule has 0 fully saturated rings. The van der Waals surface area contributed by atoms with Crippen molar-refractivity contribution in [1.29, 1.82) is 0 Å². The summed E-state index contributed by atoms with van der Waals surface area (Å²) in [5.41, 5.74) is 1.10. The molecule has 0 radical (unpaired) electrons. The third-order valence-corrected chi connectivity index (χ3v) is 2.93. The van der Waals surface area contributed by atoms with Crippen LogP contribution in [0.25, 0.3) is 10.8 Å². The van der Waals surface area contributed by atoms with Crippen LogP contribution in [0.3, 0.4) is 0 Å². The van der Waals surface area contributed by atoms with Crippen LogP contribution in [-0.2, 0) is 13.5 Å². The van der Waals surface area contributed by atoms with E-state index in [9.17, 15) is 4.79 Å². The number of benzene rings is 1. The molecule has 1 aromatic heterocycles. The average molecular weight is 222 g/mol. The summed E-state index contributed by atoms with van der Waals surface area (Å²) in [5.74, 6) is 0. The highest BCUT2D eigenvalue weighted by molar-refractivity contribution is 6.35. The van der Waals surface area contributed by atoms with Gasteiger partial charge in [-0.25, -0.2) is 0 Å². The second-order valence-corrected chi connectivity index (χ2v) is 4.03. The van der Waals surface area contributed by atoms with Crippen molar-refractivity contribution in [3.63, 3.8) is 0 Å². The molecule has 0 unspecified atom stereocenters. The lowest BCUT2D eigenvalue weighted by Gasteiger charge is -2.05. The first-order chi connectivity index (χ1) is 7.13. The number of aromatic nitrogens is 1.